The van der Waals surface area contributed by atoms with Gasteiger partial charge in [0.2, 0.25) is 0 Å². The lowest BCUT2D eigenvalue weighted by Crippen LogP contribution is -2.21. The molecule has 0 aliphatic carbocycles. The molecule has 0 fully saturated rings. The number of hydrogen-bond acceptors (Lipinski definition) is 4. The molecule has 1 heterocycles. The van der Waals surface area contributed by atoms with Crippen LogP contribution in [0.5, 0.6) is 0 Å². The summed E-state index contributed by atoms with van der Waals surface area (Å²) in [5.74, 6) is 0.383. The molecule has 20 heavy (non-hydrogen) atoms. The highest BCUT2D eigenvalue weighted by molar-refractivity contribution is 5.16. The number of benzene rings is 1. The van der Waals surface area contributed by atoms with Gasteiger partial charge in [-0.3, -0.25) is 0 Å². The highest BCUT2D eigenvalue weighted by Gasteiger charge is 2.06. The largest absolute Gasteiger partial charge is 0.369 e. The van der Waals surface area contributed by atoms with Crippen molar-refractivity contribution in [1.29, 1.82) is 0 Å². The zero-order valence-corrected chi connectivity index (χ0v) is 11.7. The second-order valence-corrected chi connectivity index (χ2v) is 4.90. The van der Waals surface area contributed by atoms with Crippen LogP contribution in [0.25, 0.3) is 0 Å². The van der Waals surface area contributed by atoms with E-state index in [0.717, 1.165) is 5.69 Å². The van der Waals surface area contributed by atoms with E-state index in [1.807, 2.05) is 6.07 Å². The Labute approximate surface area is 117 Å². The molecule has 1 aromatic heterocycles. The Kier molecular flexibility index (Phi) is 5.26. The van der Waals surface area contributed by atoms with Crippen LogP contribution in [0.3, 0.4) is 0 Å². The lowest BCUT2D eigenvalue weighted by Gasteiger charge is -2.04. The minimum absolute atomic E-state index is 0.215. The Morgan fingerprint density at radius 2 is 2.10 bits per heavy atom. The number of aromatic nitrogens is 1. The van der Waals surface area contributed by atoms with Gasteiger partial charge < -0.3 is 14.6 Å². The van der Waals surface area contributed by atoms with Crippen molar-refractivity contribution >= 4 is 0 Å². The molecule has 2 aromatic rings. The summed E-state index contributed by atoms with van der Waals surface area (Å²) in [5, 5.41) is 7.19. The predicted molar refractivity (Wildman–Crippen MR) is 73.4 cm³/mol. The first-order chi connectivity index (χ1) is 9.65. The van der Waals surface area contributed by atoms with Crippen molar-refractivity contribution in [3.63, 3.8) is 0 Å². The van der Waals surface area contributed by atoms with Crippen molar-refractivity contribution in [2.75, 3.05) is 0 Å². The molecular formula is C15H19FN2O2. The van der Waals surface area contributed by atoms with Crippen LogP contribution < -0.4 is 5.32 Å². The van der Waals surface area contributed by atoms with Crippen molar-refractivity contribution in [2.45, 2.75) is 39.6 Å². The molecule has 0 saturated heterocycles. The minimum atomic E-state index is -0.258. The zero-order valence-electron chi connectivity index (χ0n) is 11.7. The van der Waals surface area contributed by atoms with Crippen LogP contribution in [0.2, 0.25) is 0 Å². The molecule has 0 radical (unpaired) electrons. The summed E-state index contributed by atoms with van der Waals surface area (Å²) < 4.78 is 24.0. The number of nitrogens with one attached hydrogen (secondary N) is 1. The summed E-state index contributed by atoms with van der Waals surface area (Å²) in [6.45, 7) is 5.29. The smallest absolute Gasteiger partial charge is 0.162 e. The molecule has 5 heteroatoms. The molecular weight excluding hydrogens is 259 g/mol. The van der Waals surface area contributed by atoms with Gasteiger partial charge >= 0.3 is 0 Å². The quantitative estimate of drug-likeness (QED) is 0.845. The van der Waals surface area contributed by atoms with Gasteiger partial charge in [0.15, 0.2) is 5.76 Å². The maximum Gasteiger partial charge on any atom is 0.162 e. The van der Waals surface area contributed by atoms with Crippen LogP contribution in [0.4, 0.5) is 4.39 Å². The molecule has 0 aliphatic heterocycles. The fourth-order valence-electron chi connectivity index (χ4n) is 1.69. The van der Waals surface area contributed by atoms with E-state index in [1.54, 1.807) is 18.2 Å². The molecule has 0 unspecified atom stereocenters. The SMILES string of the molecule is CC(C)NCc1cc(COCc2ccccc2F)on1. The Morgan fingerprint density at radius 1 is 1.30 bits per heavy atom. The van der Waals surface area contributed by atoms with Crippen LogP contribution in [0.15, 0.2) is 34.9 Å². The minimum Gasteiger partial charge on any atom is -0.369 e. The normalized spacial score (nSPS) is 11.2. The lowest BCUT2D eigenvalue weighted by atomic mass is 10.2. The third-order valence-electron chi connectivity index (χ3n) is 2.76. The summed E-state index contributed by atoms with van der Waals surface area (Å²) in [6.07, 6.45) is 0. The van der Waals surface area contributed by atoms with Crippen molar-refractivity contribution in [2.24, 2.45) is 0 Å². The van der Waals surface area contributed by atoms with Gasteiger partial charge in [-0.15, -0.1) is 0 Å². The Bertz CT molecular complexity index is 540. The third kappa shape index (κ3) is 4.43. The van der Waals surface area contributed by atoms with Gasteiger partial charge in [0.25, 0.3) is 0 Å². The standard InChI is InChI=1S/C15H19FN2O2/c1-11(2)17-8-13-7-14(20-18-13)10-19-9-12-5-3-4-6-15(12)16/h3-7,11,17H,8-10H2,1-2H3. The van der Waals surface area contributed by atoms with Gasteiger partial charge in [-0.05, 0) is 6.07 Å². The van der Waals surface area contributed by atoms with Crippen molar-refractivity contribution in [1.82, 2.24) is 10.5 Å². The fourth-order valence-corrected chi connectivity index (χ4v) is 1.69. The highest BCUT2D eigenvalue weighted by atomic mass is 19.1. The molecule has 0 saturated carbocycles. The molecule has 1 N–H and O–H groups in total. The average Bonchev–Trinajstić information content (AvgIpc) is 2.87. The van der Waals surface area contributed by atoms with Gasteiger partial charge in [0.05, 0.1) is 12.3 Å². The third-order valence-corrected chi connectivity index (χ3v) is 2.76. The number of hydrogen-bond donors (Lipinski definition) is 1. The maximum absolute atomic E-state index is 13.4. The Balaban J connectivity index is 1.78. The summed E-state index contributed by atoms with van der Waals surface area (Å²) >= 11 is 0. The second-order valence-electron chi connectivity index (χ2n) is 4.90. The highest BCUT2D eigenvalue weighted by Crippen LogP contribution is 2.10. The molecule has 0 aliphatic rings. The average molecular weight is 278 g/mol. The summed E-state index contributed by atoms with van der Waals surface area (Å²) in [4.78, 5) is 0. The molecule has 0 amide bonds. The zero-order chi connectivity index (χ0) is 14.4. The number of nitrogens with zero attached hydrogens (tertiary/aromatic N) is 1. The van der Waals surface area contributed by atoms with Gasteiger partial charge in [-0.2, -0.15) is 0 Å². The summed E-state index contributed by atoms with van der Waals surface area (Å²) in [7, 11) is 0. The van der Waals surface area contributed by atoms with Crippen LogP contribution >= 0.6 is 0 Å². The van der Waals surface area contributed by atoms with E-state index in [-0.39, 0.29) is 19.0 Å². The fraction of sp³-hybridized carbons (Fsp3) is 0.400. The molecule has 108 valence electrons. The van der Waals surface area contributed by atoms with Crippen molar-refractivity contribution < 1.29 is 13.7 Å². The summed E-state index contributed by atoms with van der Waals surface area (Å²) in [5.41, 5.74) is 1.37. The van der Waals surface area contributed by atoms with Crippen LogP contribution in [-0.2, 0) is 24.5 Å². The number of halogens is 1. The Hall–Kier alpha value is -1.72. The Morgan fingerprint density at radius 3 is 2.85 bits per heavy atom. The first-order valence-electron chi connectivity index (χ1n) is 6.64. The molecule has 0 bridgehead atoms. The van der Waals surface area contributed by atoms with E-state index >= 15 is 0 Å². The number of rotatable bonds is 7. The molecule has 4 nitrogen and oxygen atoms in total. The van der Waals surface area contributed by atoms with Crippen LogP contribution in [0.1, 0.15) is 30.9 Å². The van der Waals surface area contributed by atoms with Gasteiger partial charge in [0.1, 0.15) is 12.4 Å². The topological polar surface area (TPSA) is 47.3 Å². The molecule has 0 atom stereocenters. The van der Waals surface area contributed by atoms with Crippen molar-refractivity contribution in [3.05, 3.63) is 53.2 Å². The second kappa shape index (κ2) is 7.17. The predicted octanol–water partition coefficient (Wildman–Crippen LogP) is 3.03. The van der Waals surface area contributed by atoms with E-state index in [0.29, 0.717) is 23.9 Å². The van der Waals surface area contributed by atoms with Crippen LogP contribution in [0, 0.1) is 5.82 Å². The van der Waals surface area contributed by atoms with E-state index in [2.05, 4.69) is 24.3 Å². The van der Waals surface area contributed by atoms with Crippen molar-refractivity contribution in [3.8, 4) is 0 Å². The molecule has 0 spiro atoms. The summed E-state index contributed by atoms with van der Waals surface area (Å²) in [6, 6.07) is 8.80. The van der Waals surface area contributed by atoms with Gasteiger partial charge in [-0.1, -0.05) is 37.2 Å². The van der Waals surface area contributed by atoms with E-state index < -0.39 is 0 Å². The van der Waals surface area contributed by atoms with Gasteiger partial charge in [-0.25, -0.2) is 4.39 Å². The maximum atomic E-state index is 13.4. The van der Waals surface area contributed by atoms with E-state index in [4.69, 9.17) is 9.26 Å². The van der Waals surface area contributed by atoms with Crippen LogP contribution in [-0.4, -0.2) is 11.2 Å². The first-order valence-corrected chi connectivity index (χ1v) is 6.64. The first kappa shape index (κ1) is 14.7. The molecule has 1 aromatic carbocycles. The monoisotopic (exact) mass is 278 g/mol. The van der Waals surface area contributed by atoms with E-state index in [1.165, 1.54) is 6.07 Å². The molecule has 2 rings (SSSR count). The van der Waals surface area contributed by atoms with Gasteiger partial charge in [0, 0.05) is 24.2 Å². The number of ether oxygens (including phenoxy) is 1. The van der Waals surface area contributed by atoms with E-state index in [9.17, 15) is 4.39 Å². The lowest BCUT2D eigenvalue weighted by molar-refractivity contribution is 0.0863.